The first-order chi connectivity index (χ1) is 8.62. The van der Waals surface area contributed by atoms with Crippen LogP contribution >= 0.6 is 0 Å². The Hall–Kier alpha value is -1.46. The van der Waals surface area contributed by atoms with Gasteiger partial charge in [0.2, 0.25) is 0 Å². The topological polar surface area (TPSA) is 37.0 Å². The number of nitrogens with zero attached hydrogens (tertiary/aromatic N) is 1. The summed E-state index contributed by atoms with van der Waals surface area (Å²) < 4.78 is 38.3. The van der Waals surface area contributed by atoms with Crippen LogP contribution in [0.25, 0.3) is 0 Å². The minimum absolute atomic E-state index is 0.0335. The number of rotatable bonds is 4. The summed E-state index contributed by atoms with van der Waals surface area (Å²) in [6.45, 7) is 8.88. The van der Waals surface area contributed by atoms with E-state index < -0.39 is 11.7 Å². The van der Waals surface area contributed by atoms with Gasteiger partial charge in [0.05, 0.1) is 5.56 Å². The molecule has 1 heterocycles. The second-order valence-corrected chi connectivity index (χ2v) is 5.57. The van der Waals surface area contributed by atoms with Crippen molar-refractivity contribution in [2.75, 3.05) is 23.7 Å². The molecule has 0 amide bonds. The number of hydrogen-bond donors (Lipinski definition) is 2. The van der Waals surface area contributed by atoms with Crippen LogP contribution in [-0.4, -0.2) is 18.1 Å². The van der Waals surface area contributed by atoms with E-state index >= 15 is 0 Å². The van der Waals surface area contributed by atoms with Gasteiger partial charge < -0.3 is 10.6 Å². The first-order valence-electron chi connectivity index (χ1n) is 6.19. The van der Waals surface area contributed by atoms with E-state index in [4.69, 9.17) is 0 Å². The highest BCUT2D eigenvalue weighted by Gasteiger charge is 2.31. The molecule has 0 bridgehead atoms. The number of pyridine rings is 1. The Morgan fingerprint density at radius 2 is 1.58 bits per heavy atom. The predicted octanol–water partition coefficient (Wildman–Crippen LogP) is 3.99. The summed E-state index contributed by atoms with van der Waals surface area (Å²) in [4.78, 5) is 4.12. The van der Waals surface area contributed by atoms with E-state index in [0.717, 1.165) is 12.1 Å². The molecular formula is C13H20F3N3. The smallest absolute Gasteiger partial charge is 0.370 e. The van der Waals surface area contributed by atoms with Gasteiger partial charge in [-0.2, -0.15) is 13.2 Å². The predicted molar refractivity (Wildman–Crippen MR) is 71.3 cm³/mol. The zero-order chi connectivity index (χ0) is 14.7. The Balaban J connectivity index is 3.00. The largest absolute Gasteiger partial charge is 0.416 e. The molecule has 108 valence electrons. The highest BCUT2D eigenvalue weighted by Crippen LogP contribution is 2.32. The van der Waals surface area contributed by atoms with E-state index in [0.29, 0.717) is 13.1 Å². The van der Waals surface area contributed by atoms with Gasteiger partial charge >= 0.3 is 6.18 Å². The van der Waals surface area contributed by atoms with Crippen molar-refractivity contribution in [3.05, 3.63) is 17.7 Å². The average Bonchev–Trinajstić information content (AvgIpc) is 2.24. The number of nitrogens with one attached hydrogen (secondary N) is 2. The fraction of sp³-hybridized carbons (Fsp3) is 0.615. The third-order valence-corrected chi connectivity index (χ3v) is 2.31. The number of halogens is 3. The second kappa shape index (κ2) is 5.67. The van der Waals surface area contributed by atoms with Gasteiger partial charge in [0.25, 0.3) is 0 Å². The zero-order valence-electron chi connectivity index (χ0n) is 11.7. The fourth-order valence-corrected chi connectivity index (χ4v) is 1.41. The molecule has 0 saturated carbocycles. The van der Waals surface area contributed by atoms with Gasteiger partial charge in [-0.3, -0.25) is 0 Å². The maximum absolute atomic E-state index is 12.8. The maximum atomic E-state index is 12.8. The third kappa shape index (κ3) is 5.36. The lowest BCUT2D eigenvalue weighted by Gasteiger charge is -2.20. The molecule has 1 rings (SSSR count). The second-order valence-electron chi connectivity index (χ2n) is 5.57. The molecule has 19 heavy (non-hydrogen) atoms. The van der Waals surface area contributed by atoms with Crippen molar-refractivity contribution < 1.29 is 13.2 Å². The van der Waals surface area contributed by atoms with Crippen LogP contribution in [0.4, 0.5) is 24.8 Å². The van der Waals surface area contributed by atoms with Crippen molar-refractivity contribution in [3.63, 3.8) is 0 Å². The lowest BCUT2D eigenvalue weighted by molar-refractivity contribution is -0.137. The minimum Gasteiger partial charge on any atom is -0.370 e. The summed E-state index contributed by atoms with van der Waals surface area (Å²) in [5, 5.41) is 5.75. The number of alkyl halides is 3. The Kier molecular flexibility index (Phi) is 4.66. The van der Waals surface area contributed by atoms with Gasteiger partial charge in [0, 0.05) is 13.1 Å². The molecule has 0 atom stereocenters. The molecule has 0 radical (unpaired) electrons. The van der Waals surface area contributed by atoms with E-state index in [-0.39, 0.29) is 17.1 Å². The van der Waals surface area contributed by atoms with Crippen LogP contribution in [0.15, 0.2) is 12.1 Å². The van der Waals surface area contributed by atoms with E-state index in [9.17, 15) is 13.2 Å². The SMILES string of the molecule is CCNc1cc(C(F)(F)F)cc(NCC(C)(C)C)n1. The van der Waals surface area contributed by atoms with Crippen LogP contribution in [0.3, 0.4) is 0 Å². The van der Waals surface area contributed by atoms with Gasteiger partial charge in [0.15, 0.2) is 0 Å². The number of hydrogen-bond acceptors (Lipinski definition) is 3. The summed E-state index contributed by atoms with van der Waals surface area (Å²) in [5.41, 5.74) is -0.733. The van der Waals surface area contributed by atoms with Crippen LogP contribution in [0.1, 0.15) is 33.3 Å². The molecule has 0 saturated heterocycles. The summed E-state index contributed by atoms with van der Waals surface area (Å²) in [6.07, 6.45) is -4.37. The zero-order valence-corrected chi connectivity index (χ0v) is 11.7. The molecule has 6 heteroatoms. The molecule has 2 N–H and O–H groups in total. The highest BCUT2D eigenvalue weighted by molar-refractivity contribution is 5.49. The van der Waals surface area contributed by atoms with E-state index in [1.165, 1.54) is 0 Å². The third-order valence-electron chi connectivity index (χ3n) is 2.31. The molecule has 0 unspecified atom stereocenters. The monoisotopic (exact) mass is 275 g/mol. The molecule has 0 fully saturated rings. The van der Waals surface area contributed by atoms with E-state index in [2.05, 4.69) is 15.6 Å². The summed E-state index contributed by atoms with van der Waals surface area (Å²) in [5.74, 6) is 0.467. The van der Waals surface area contributed by atoms with Crippen LogP contribution in [-0.2, 0) is 6.18 Å². The van der Waals surface area contributed by atoms with Gasteiger partial charge in [-0.25, -0.2) is 4.98 Å². The Morgan fingerprint density at radius 1 is 1.05 bits per heavy atom. The van der Waals surface area contributed by atoms with Crippen molar-refractivity contribution in [2.45, 2.75) is 33.9 Å². The van der Waals surface area contributed by atoms with Crippen LogP contribution in [0.5, 0.6) is 0 Å². The molecule has 0 aliphatic carbocycles. The molecule has 1 aromatic heterocycles. The highest BCUT2D eigenvalue weighted by atomic mass is 19.4. The molecule has 0 aromatic carbocycles. The van der Waals surface area contributed by atoms with E-state index in [1.807, 2.05) is 27.7 Å². The quantitative estimate of drug-likeness (QED) is 0.872. The Morgan fingerprint density at radius 3 is 2.00 bits per heavy atom. The van der Waals surface area contributed by atoms with Crippen molar-refractivity contribution in [1.29, 1.82) is 0 Å². The fourth-order valence-electron chi connectivity index (χ4n) is 1.41. The van der Waals surface area contributed by atoms with Crippen LogP contribution < -0.4 is 10.6 Å². The molecule has 0 aliphatic rings. The summed E-state index contributed by atoms with van der Waals surface area (Å²) in [7, 11) is 0. The van der Waals surface area contributed by atoms with Gasteiger partial charge in [-0.15, -0.1) is 0 Å². The lowest BCUT2D eigenvalue weighted by atomic mass is 9.97. The molecule has 3 nitrogen and oxygen atoms in total. The Labute approximate surface area is 111 Å². The van der Waals surface area contributed by atoms with Crippen LogP contribution in [0, 0.1) is 5.41 Å². The summed E-state index contributed by atoms with van der Waals surface area (Å²) in [6, 6.07) is 2.05. The van der Waals surface area contributed by atoms with Crippen molar-refractivity contribution >= 4 is 11.6 Å². The van der Waals surface area contributed by atoms with Gasteiger partial charge in [-0.05, 0) is 24.5 Å². The molecule has 0 spiro atoms. The first kappa shape index (κ1) is 15.6. The normalized spacial score (nSPS) is 12.4. The average molecular weight is 275 g/mol. The molecule has 1 aromatic rings. The minimum atomic E-state index is -4.37. The maximum Gasteiger partial charge on any atom is 0.416 e. The first-order valence-corrected chi connectivity index (χ1v) is 6.19. The molecular weight excluding hydrogens is 255 g/mol. The van der Waals surface area contributed by atoms with Gasteiger partial charge in [0.1, 0.15) is 11.6 Å². The van der Waals surface area contributed by atoms with Gasteiger partial charge in [-0.1, -0.05) is 20.8 Å². The van der Waals surface area contributed by atoms with Crippen molar-refractivity contribution in [1.82, 2.24) is 4.98 Å². The van der Waals surface area contributed by atoms with E-state index in [1.54, 1.807) is 0 Å². The number of aromatic nitrogens is 1. The van der Waals surface area contributed by atoms with Crippen molar-refractivity contribution in [3.8, 4) is 0 Å². The number of anilines is 2. The standard InChI is InChI=1S/C13H20F3N3/c1-5-17-10-6-9(13(14,15)16)7-11(19-10)18-8-12(2,3)4/h6-7H,5,8H2,1-4H3,(H2,17,18,19). The molecule has 0 aliphatic heterocycles. The van der Waals surface area contributed by atoms with Crippen molar-refractivity contribution in [2.24, 2.45) is 5.41 Å². The van der Waals surface area contributed by atoms with Crippen LogP contribution in [0.2, 0.25) is 0 Å². The summed E-state index contributed by atoms with van der Waals surface area (Å²) >= 11 is 0. The Bertz CT molecular complexity index is 422. The lowest BCUT2D eigenvalue weighted by Crippen LogP contribution is -2.20.